The number of nitrogens with one attached hydrogen (secondary N) is 1. The summed E-state index contributed by atoms with van der Waals surface area (Å²) in [5.41, 5.74) is 2.61. The van der Waals surface area contributed by atoms with Gasteiger partial charge in [0.25, 0.3) is 10.0 Å². The van der Waals surface area contributed by atoms with Crippen molar-refractivity contribution in [1.82, 2.24) is 10.2 Å². The maximum atomic E-state index is 14.6. The predicted molar refractivity (Wildman–Crippen MR) is 182 cm³/mol. The van der Waals surface area contributed by atoms with Gasteiger partial charge in [-0.15, -0.1) is 0 Å². The number of ether oxygens (including phenoxy) is 1. The van der Waals surface area contributed by atoms with Crippen LogP contribution >= 0.6 is 11.6 Å². The minimum atomic E-state index is -4.25. The van der Waals surface area contributed by atoms with Crippen LogP contribution in [0.5, 0.6) is 5.75 Å². The van der Waals surface area contributed by atoms with Crippen molar-refractivity contribution in [2.24, 2.45) is 5.92 Å². The van der Waals surface area contributed by atoms with Crippen molar-refractivity contribution in [3.63, 3.8) is 0 Å². The quantitative estimate of drug-likeness (QED) is 0.172. The first-order valence-electron chi connectivity index (χ1n) is 15.1. The number of hydrogen-bond donors (Lipinski definition) is 1. The van der Waals surface area contributed by atoms with Crippen LogP contribution in [0.25, 0.3) is 0 Å². The lowest BCUT2D eigenvalue weighted by molar-refractivity contribution is -0.140. The van der Waals surface area contributed by atoms with Gasteiger partial charge in [0.1, 0.15) is 18.3 Å². The maximum absolute atomic E-state index is 14.6. The van der Waals surface area contributed by atoms with Crippen LogP contribution in [-0.4, -0.2) is 51.4 Å². The first-order valence-corrected chi connectivity index (χ1v) is 16.9. The molecule has 46 heavy (non-hydrogen) atoms. The van der Waals surface area contributed by atoms with Crippen LogP contribution in [0, 0.1) is 12.8 Å². The van der Waals surface area contributed by atoms with Gasteiger partial charge in [0, 0.05) is 19.5 Å². The van der Waals surface area contributed by atoms with E-state index < -0.39 is 28.5 Å². The second-order valence-corrected chi connectivity index (χ2v) is 13.8. The van der Waals surface area contributed by atoms with Gasteiger partial charge in [-0.05, 0) is 60.4 Å². The maximum Gasteiger partial charge on any atom is 0.264 e. The molecule has 0 aromatic heterocycles. The minimum absolute atomic E-state index is 0.0145. The third kappa shape index (κ3) is 8.89. The first kappa shape index (κ1) is 34.5. The zero-order valence-electron chi connectivity index (χ0n) is 26.5. The van der Waals surface area contributed by atoms with Gasteiger partial charge in [0.05, 0.1) is 22.7 Å². The lowest BCUT2D eigenvalue weighted by atomic mass is 10.0. The van der Waals surface area contributed by atoms with Gasteiger partial charge in [-0.2, -0.15) is 0 Å². The van der Waals surface area contributed by atoms with Crippen LogP contribution in [-0.2, 0) is 32.6 Å². The number of benzene rings is 4. The molecule has 0 saturated carbocycles. The highest BCUT2D eigenvalue weighted by atomic mass is 35.5. The Kier molecular flexibility index (Phi) is 11.8. The number of para-hydroxylation sites is 1. The molecule has 1 N–H and O–H groups in total. The molecule has 0 spiro atoms. The third-order valence-electron chi connectivity index (χ3n) is 7.45. The van der Waals surface area contributed by atoms with E-state index in [-0.39, 0.29) is 40.4 Å². The Morgan fingerprint density at radius 2 is 1.52 bits per heavy atom. The summed E-state index contributed by atoms with van der Waals surface area (Å²) in [6.45, 7) is 5.70. The number of methoxy groups -OCH3 is 1. The molecule has 0 aliphatic rings. The molecular weight excluding hydrogens is 622 g/mol. The summed E-state index contributed by atoms with van der Waals surface area (Å²) < 4.78 is 34.8. The molecule has 4 rings (SSSR count). The molecule has 0 fully saturated rings. The lowest BCUT2D eigenvalue weighted by Crippen LogP contribution is -2.53. The van der Waals surface area contributed by atoms with Crippen molar-refractivity contribution in [3.8, 4) is 5.75 Å². The number of hydrogen-bond acceptors (Lipinski definition) is 5. The number of aryl methyl sites for hydroxylation is 1. The molecule has 0 bridgehead atoms. The Labute approximate surface area is 277 Å². The third-order valence-corrected chi connectivity index (χ3v) is 9.55. The summed E-state index contributed by atoms with van der Waals surface area (Å²) in [6.07, 6.45) is 0.220. The molecule has 4 aromatic rings. The summed E-state index contributed by atoms with van der Waals surface area (Å²) >= 11 is 6.55. The molecule has 10 heteroatoms. The summed E-state index contributed by atoms with van der Waals surface area (Å²) in [5.74, 6) is -0.133. The van der Waals surface area contributed by atoms with Crippen LogP contribution in [0.3, 0.4) is 0 Å². The molecule has 8 nitrogen and oxygen atoms in total. The lowest BCUT2D eigenvalue weighted by Gasteiger charge is -2.34. The van der Waals surface area contributed by atoms with Crippen molar-refractivity contribution in [2.45, 2.75) is 44.7 Å². The largest absolute Gasteiger partial charge is 0.497 e. The van der Waals surface area contributed by atoms with Crippen LogP contribution in [0.4, 0.5) is 5.69 Å². The summed E-state index contributed by atoms with van der Waals surface area (Å²) in [5, 5.41) is 3.16. The Balaban J connectivity index is 1.82. The van der Waals surface area contributed by atoms with Crippen molar-refractivity contribution in [2.75, 3.05) is 24.5 Å². The number of nitrogens with zero attached hydrogens (tertiary/aromatic N) is 2. The monoisotopic (exact) mass is 661 g/mol. The van der Waals surface area contributed by atoms with Gasteiger partial charge in [-0.3, -0.25) is 13.9 Å². The number of anilines is 1. The van der Waals surface area contributed by atoms with Gasteiger partial charge < -0.3 is 15.0 Å². The van der Waals surface area contributed by atoms with E-state index in [0.29, 0.717) is 17.9 Å². The number of rotatable bonds is 14. The van der Waals surface area contributed by atoms with Crippen molar-refractivity contribution in [3.05, 3.63) is 125 Å². The highest BCUT2D eigenvalue weighted by Crippen LogP contribution is 2.31. The predicted octanol–water partition coefficient (Wildman–Crippen LogP) is 6.26. The molecule has 0 heterocycles. The van der Waals surface area contributed by atoms with Crippen molar-refractivity contribution < 1.29 is 22.7 Å². The highest BCUT2D eigenvalue weighted by molar-refractivity contribution is 7.92. The zero-order chi connectivity index (χ0) is 33.3. The average molecular weight is 662 g/mol. The minimum Gasteiger partial charge on any atom is -0.497 e. The smallest absolute Gasteiger partial charge is 0.264 e. The molecule has 0 aliphatic carbocycles. The number of halogens is 1. The molecule has 0 aliphatic heterocycles. The van der Waals surface area contributed by atoms with Crippen LogP contribution < -0.4 is 14.4 Å². The Morgan fingerprint density at radius 3 is 2.17 bits per heavy atom. The van der Waals surface area contributed by atoms with Crippen molar-refractivity contribution in [1.29, 1.82) is 0 Å². The SMILES string of the molecule is COc1cccc(CN(C(=O)CN(c2ccccc2Cl)S(=O)(=O)c2ccc(C)cc2)[C@H](Cc2ccccc2)C(=O)NCC(C)C)c1. The van der Waals surface area contributed by atoms with E-state index in [1.807, 2.05) is 57.2 Å². The molecular formula is C36H40ClN3O5S. The first-order chi connectivity index (χ1) is 22.0. The fraction of sp³-hybridized carbons (Fsp3) is 0.278. The normalized spacial score (nSPS) is 12.0. The van der Waals surface area contributed by atoms with Gasteiger partial charge in [-0.1, -0.05) is 97.7 Å². The van der Waals surface area contributed by atoms with E-state index in [1.165, 1.54) is 17.0 Å². The van der Waals surface area contributed by atoms with E-state index in [4.69, 9.17) is 16.3 Å². The molecule has 2 amide bonds. The van der Waals surface area contributed by atoms with Gasteiger partial charge >= 0.3 is 0 Å². The van der Waals surface area contributed by atoms with E-state index in [1.54, 1.807) is 61.7 Å². The van der Waals surface area contributed by atoms with E-state index in [0.717, 1.165) is 15.4 Å². The van der Waals surface area contributed by atoms with Gasteiger partial charge in [-0.25, -0.2) is 8.42 Å². The molecule has 4 aromatic carbocycles. The second-order valence-electron chi connectivity index (χ2n) is 11.5. The van der Waals surface area contributed by atoms with Gasteiger partial charge in [0.15, 0.2) is 0 Å². The molecule has 242 valence electrons. The van der Waals surface area contributed by atoms with Crippen LogP contribution in [0.2, 0.25) is 5.02 Å². The van der Waals surface area contributed by atoms with E-state index in [2.05, 4.69) is 5.32 Å². The van der Waals surface area contributed by atoms with Crippen LogP contribution in [0.15, 0.2) is 108 Å². The second kappa shape index (κ2) is 15.8. The standard InChI is InChI=1S/C36H40ClN3O5S/c1-26(2)23-38-36(42)34(22-28-11-6-5-7-12-28)39(24-29-13-10-14-30(21-29)45-4)35(41)25-40(33-16-9-8-15-32(33)37)46(43,44)31-19-17-27(3)18-20-31/h5-21,26,34H,22-25H2,1-4H3,(H,38,42)/t34-/m1/s1. The summed E-state index contributed by atoms with van der Waals surface area (Å²) in [4.78, 5) is 29.9. The highest BCUT2D eigenvalue weighted by Gasteiger charge is 2.35. The zero-order valence-corrected chi connectivity index (χ0v) is 28.1. The average Bonchev–Trinajstić information content (AvgIpc) is 3.05. The number of carbonyl (C=O) groups excluding carboxylic acids is 2. The molecule has 1 atom stereocenters. The number of carbonyl (C=O) groups is 2. The summed E-state index contributed by atoms with van der Waals surface area (Å²) in [6, 6.07) is 28.6. The molecule has 0 saturated heterocycles. The summed E-state index contributed by atoms with van der Waals surface area (Å²) in [7, 11) is -2.70. The fourth-order valence-corrected chi connectivity index (χ4v) is 6.67. The number of sulfonamides is 1. The van der Waals surface area contributed by atoms with Crippen LogP contribution in [0.1, 0.15) is 30.5 Å². The Morgan fingerprint density at radius 1 is 0.870 bits per heavy atom. The fourth-order valence-electron chi connectivity index (χ4n) is 4.95. The Hall–Kier alpha value is -4.34. The topological polar surface area (TPSA) is 96.0 Å². The number of amides is 2. The van der Waals surface area contributed by atoms with E-state index >= 15 is 0 Å². The Bertz CT molecular complexity index is 1730. The van der Waals surface area contributed by atoms with Gasteiger partial charge in [0.2, 0.25) is 11.8 Å². The molecule has 0 radical (unpaired) electrons. The van der Waals surface area contributed by atoms with Crippen molar-refractivity contribution >= 4 is 39.1 Å². The van der Waals surface area contributed by atoms with E-state index in [9.17, 15) is 18.0 Å². The molecule has 0 unspecified atom stereocenters.